The lowest BCUT2D eigenvalue weighted by atomic mass is 10.1. The highest BCUT2D eigenvalue weighted by molar-refractivity contribution is 8.00. The van der Waals surface area contributed by atoms with Gasteiger partial charge in [0, 0.05) is 66.0 Å². The average molecular weight is 517 g/mol. The first-order valence-electron chi connectivity index (χ1n) is 11.9. The molecule has 2 heterocycles. The zero-order valence-corrected chi connectivity index (χ0v) is 23.1. The molecule has 7 nitrogen and oxygen atoms in total. The van der Waals surface area contributed by atoms with Crippen LogP contribution in [0.5, 0.6) is 0 Å². The van der Waals surface area contributed by atoms with E-state index in [-0.39, 0.29) is 10.7 Å². The number of nitrogens with zero attached hydrogens (tertiary/aromatic N) is 3. The maximum absolute atomic E-state index is 13.3. The van der Waals surface area contributed by atoms with Crippen LogP contribution in [0.15, 0.2) is 40.9 Å². The van der Waals surface area contributed by atoms with Crippen LogP contribution in [-0.2, 0) is 15.9 Å². The van der Waals surface area contributed by atoms with Gasteiger partial charge in [0.2, 0.25) is 0 Å². The molecular formula is C26H36N4O3S2. The average Bonchev–Trinajstić information content (AvgIpc) is 3.31. The number of anilines is 1. The van der Waals surface area contributed by atoms with E-state index in [1.54, 1.807) is 35.5 Å². The largest absolute Gasteiger partial charge is 0.368 e. The van der Waals surface area contributed by atoms with Gasteiger partial charge >= 0.3 is 0 Å². The van der Waals surface area contributed by atoms with Crippen molar-refractivity contribution in [3.05, 3.63) is 46.5 Å². The number of fused-ring (bicyclic) bond motifs is 1. The minimum atomic E-state index is -0.397. The Kier molecular flexibility index (Phi) is 9.91. The molecule has 1 aromatic carbocycles. The fourth-order valence-electron chi connectivity index (χ4n) is 3.77. The topological polar surface area (TPSA) is 76.6 Å². The van der Waals surface area contributed by atoms with Crippen molar-refractivity contribution in [2.24, 2.45) is 0 Å². The van der Waals surface area contributed by atoms with Crippen molar-refractivity contribution < 1.29 is 14.3 Å². The van der Waals surface area contributed by atoms with Gasteiger partial charge in [-0.05, 0) is 19.9 Å². The maximum Gasteiger partial charge on any atom is 0.254 e. The highest BCUT2D eigenvalue weighted by Gasteiger charge is 2.23. The zero-order chi connectivity index (χ0) is 25.4. The Labute approximate surface area is 216 Å². The molecule has 0 aliphatic carbocycles. The van der Waals surface area contributed by atoms with Gasteiger partial charge in [-0.1, -0.05) is 32.9 Å². The van der Waals surface area contributed by atoms with E-state index in [1.165, 1.54) is 0 Å². The lowest BCUT2D eigenvalue weighted by molar-refractivity contribution is -0.129. The third-order valence-electron chi connectivity index (χ3n) is 5.11. The number of likely N-dealkylation sites (N-methyl/N-ethyl adjacent to an activating group) is 1. The summed E-state index contributed by atoms with van der Waals surface area (Å²) in [5.41, 5.74) is 2.24. The molecule has 35 heavy (non-hydrogen) atoms. The summed E-state index contributed by atoms with van der Waals surface area (Å²) in [6.07, 6.45) is 3.77. The molecule has 0 unspecified atom stereocenters. The number of nitrogens with one attached hydrogen (secondary N) is 1. The van der Waals surface area contributed by atoms with Crippen LogP contribution in [0.25, 0.3) is 10.9 Å². The van der Waals surface area contributed by atoms with Crippen LogP contribution in [0.4, 0.5) is 5.69 Å². The Morgan fingerprint density at radius 2 is 1.94 bits per heavy atom. The van der Waals surface area contributed by atoms with Gasteiger partial charge in [0.05, 0.1) is 28.3 Å². The molecule has 0 bridgehead atoms. The summed E-state index contributed by atoms with van der Waals surface area (Å²) in [5.74, 6) is -0.156. The molecule has 0 atom stereocenters. The summed E-state index contributed by atoms with van der Waals surface area (Å²) >= 11 is 3.36. The lowest BCUT2D eigenvalue weighted by Crippen LogP contribution is -2.35. The van der Waals surface area contributed by atoms with Crippen molar-refractivity contribution in [3.8, 4) is 0 Å². The second-order valence-electron chi connectivity index (χ2n) is 9.04. The number of para-hydroxylation sites is 1. The minimum Gasteiger partial charge on any atom is -0.368 e. The van der Waals surface area contributed by atoms with Crippen molar-refractivity contribution in [2.75, 3.05) is 38.3 Å². The predicted octanol–water partition coefficient (Wildman–Crippen LogP) is 5.39. The molecule has 1 N–H and O–H groups in total. The van der Waals surface area contributed by atoms with E-state index in [4.69, 9.17) is 14.5 Å². The zero-order valence-electron chi connectivity index (χ0n) is 21.5. The first-order valence-corrected chi connectivity index (χ1v) is 13.6. The standard InChI is InChI=1S/C26H36N4O3S2/c1-7-32-22(33-8-2)17-30(6)24-18-10-9-11-20(35-26(3,4)5)23(18)29-16-19(24)25(31)28-13-12-21-27-14-15-34-21/h9-11,14-16,22H,7-8,12-13,17H2,1-6H3,(H,28,31). The van der Waals surface area contributed by atoms with Gasteiger partial charge in [-0.2, -0.15) is 0 Å². The number of thioether (sulfide) groups is 1. The maximum atomic E-state index is 13.3. The SMILES string of the molecule is CCOC(CN(C)c1c(C(=O)NCCc2nccs2)cnc2c(SC(C)(C)C)cccc12)OCC. The van der Waals surface area contributed by atoms with Crippen molar-refractivity contribution in [2.45, 2.75) is 57.0 Å². The molecule has 1 amide bonds. The van der Waals surface area contributed by atoms with E-state index in [1.807, 2.05) is 43.3 Å². The number of hydrogen-bond donors (Lipinski definition) is 1. The second-order valence-corrected chi connectivity index (χ2v) is 11.9. The summed E-state index contributed by atoms with van der Waals surface area (Å²) < 4.78 is 11.6. The number of benzene rings is 1. The fraction of sp³-hybridized carbons (Fsp3) is 0.500. The van der Waals surface area contributed by atoms with Crippen LogP contribution in [0.1, 0.15) is 50.0 Å². The Morgan fingerprint density at radius 3 is 2.57 bits per heavy atom. The molecule has 0 radical (unpaired) electrons. The van der Waals surface area contributed by atoms with Gasteiger partial charge in [0.1, 0.15) is 0 Å². The van der Waals surface area contributed by atoms with E-state index in [9.17, 15) is 4.79 Å². The van der Waals surface area contributed by atoms with Crippen molar-refractivity contribution >= 4 is 45.6 Å². The fourth-order valence-corrected chi connectivity index (χ4v) is 5.45. The number of pyridine rings is 1. The highest BCUT2D eigenvalue weighted by atomic mass is 32.2. The van der Waals surface area contributed by atoms with E-state index in [2.05, 4.69) is 37.1 Å². The lowest BCUT2D eigenvalue weighted by Gasteiger charge is -2.28. The third kappa shape index (κ3) is 7.64. The summed E-state index contributed by atoms with van der Waals surface area (Å²) in [4.78, 5) is 25.5. The number of carbonyl (C=O) groups is 1. The van der Waals surface area contributed by atoms with Gasteiger partial charge in [-0.25, -0.2) is 4.98 Å². The highest BCUT2D eigenvalue weighted by Crippen LogP contribution is 2.39. The molecule has 0 spiro atoms. The molecule has 0 aliphatic heterocycles. The quantitative estimate of drug-likeness (QED) is 0.255. The van der Waals surface area contributed by atoms with Crippen LogP contribution in [0.2, 0.25) is 0 Å². The van der Waals surface area contributed by atoms with E-state index >= 15 is 0 Å². The molecule has 0 saturated heterocycles. The molecular weight excluding hydrogens is 480 g/mol. The Balaban J connectivity index is 1.98. The Morgan fingerprint density at radius 1 is 1.20 bits per heavy atom. The van der Waals surface area contributed by atoms with Crippen molar-refractivity contribution in [1.29, 1.82) is 0 Å². The monoisotopic (exact) mass is 516 g/mol. The number of carbonyl (C=O) groups excluding carboxylic acids is 1. The molecule has 190 valence electrons. The third-order valence-corrected chi connectivity index (χ3v) is 7.11. The van der Waals surface area contributed by atoms with Crippen LogP contribution in [0.3, 0.4) is 0 Å². The second kappa shape index (κ2) is 12.7. The molecule has 0 saturated carbocycles. The molecule has 0 aliphatic rings. The minimum absolute atomic E-state index is 0.0307. The Bertz CT molecular complexity index is 1090. The molecule has 0 fully saturated rings. The molecule has 3 aromatic rings. The summed E-state index contributed by atoms with van der Waals surface area (Å²) in [7, 11) is 1.97. The van der Waals surface area contributed by atoms with E-state index in [0.29, 0.717) is 38.3 Å². The van der Waals surface area contributed by atoms with Crippen molar-refractivity contribution in [3.63, 3.8) is 0 Å². The van der Waals surface area contributed by atoms with Gasteiger partial charge in [0.25, 0.3) is 5.91 Å². The van der Waals surface area contributed by atoms with Crippen LogP contribution in [-0.4, -0.2) is 60.3 Å². The normalized spacial score (nSPS) is 11.9. The predicted molar refractivity (Wildman–Crippen MR) is 146 cm³/mol. The molecule has 2 aromatic heterocycles. The van der Waals surface area contributed by atoms with Crippen molar-refractivity contribution in [1.82, 2.24) is 15.3 Å². The number of rotatable bonds is 12. The van der Waals surface area contributed by atoms with Gasteiger partial charge in [-0.3, -0.25) is 9.78 Å². The number of hydrogen-bond acceptors (Lipinski definition) is 8. The summed E-state index contributed by atoms with van der Waals surface area (Å²) in [5, 5.41) is 6.92. The van der Waals surface area contributed by atoms with Gasteiger partial charge in [0.15, 0.2) is 6.29 Å². The summed E-state index contributed by atoms with van der Waals surface area (Å²) in [6.45, 7) is 12.5. The van der Waals surface area contributed by atoms with Crippen LogP contribution < -0.4 is 10.2 Å². The van der Waals surface area contributed by atoms with Gasteiger partial charge < -0.3 is 19.7 Å². The smallest absolute Gasteiger partial charge is 0.254 e. The number of aromatic nitrogens is 2. The number of ether oxygens (including phenoxy) is 2. The molecule has 3 rings (SSSR count). The first-order chi connectivity index (χ1) is 16.7. The van der Waals surface area contributed by atoms with Crippen LogP contribution >= 0.6 is 23.1 Å². The number of amides is 1. The van der Waals surface area contributed by atoms with E-state index < -0.39 is 6.29 Å². The van der Waals surface area contributed by atoms with E-state index in [0.717, 1.165) is 26.5 Å². The summed E-state index contributed by atoms with van der Waals surface area (Å²) in [6, 6.07) is 6.15. The van der Waals surface area contributed by atoms with Gasteiger partial charge in [-0.15, -0.1) is 23.1 Å². The van der Waals surface area contributed by atoms with Crippen LogP contribution in [0, 0.1) is 0 Å². The Hall–Kier alpha value is -2.20. The first kappa shape index (κ1) is 27.4. The molecule has 9 heteroatoms. The number of thiazole rings is 1.